The van der Waals surface area contributed by atoms with Crippen molar-refractivity contribution in [2.45, 2.75) is 12.8 Å². The van der Waals surface area contributed by atoms with Gasteiger partial charge in [-0.1, -0.05) is 23.2 Å². The lowest BCUT2D eigenvalue weighted by atomic mass is 9.95. The van der Waals surface area contributed by atoms with Crippen molar-refractivity contribution >= 4 is 6.21 Å². The van der Waals surface area contributed by atoms with Gasteiger partial charge in [-0.2, -0.15) is 0 Å². The third kappa shape index (κ3) is 1.75. The van der Waals surface area contributed by atoms with E-state index in [4.69, 9.17) is 11.3 Å². The Morgan fingerprint density at radius 2 is 2.46 bits per heavy atom. The molecule has 0 amide bonds. The van der Waals surface area contributed by atoms with Crippen molar-refractivity contribution in [3.63, 3.8) is 0 Å². The van der Waals surface area contributed by atoms with Gasteiger partial charge in [-0.3, -0.25) is 0 Å². The van der Waals surface area contributed by atoms with Crippen LogP contribution in [0.5, 0.6) is 0 Å². The smallest absolute Gasteiger partial charge is 0.177 e. The van der Waals surface area contributed by atoms with E-state index in [1.807, 2.05) is 6.21 Å². The quantitative estimate of drug-likeness (QED) is 0.211. The van der Waals surface area contributed by atoms with Crippen molar-refractivity contribution in [3.05, 3.63) is 12.2 Å². The molecular formula is C11H13NO. The van der Waals surface area contributed by atoms with Gasteiger partial charge < -0.3 is 4.84 Å². The minimum absolute atomic E-state index is 0.271. The molecule has 0 aliphatic heterocycles. The van der Waals surface area contributed by atoms with E-state index in [1.165, 1.54) is 12.8 Å². The number of nitrogens with zero attached hydrogens (tertiary/aromatic N) is 1. The molecule has 2 nitrogen and oxygen atoms in total. The van der Waals surface area contributed by atoms with Crippen LogP contribution in [0.3, 0.4) is 0 Å². The maximum absolute atomic E-state index is 5.02. The number of fused-ring (bicyclic) bond motifs is 2. The predicted molar refractivity (Wildman–Crippen MR) is 52.1 cm³/mol. The number of rotatable bonds is 3. The average Bonchev–Trinajstić information content (AvgIpc) is 2.73. The molecule has 2 bridgehead atoms. The first-order chi connectivity index (χ1) is 6.40. The van der Waals surface area contributed by atoms with E-state index in [0.717, 1.165) is 5.92 Å². The van der Waals surface area contributed by atoms with Crippen molar-refractivity contribution < 1.29 is 4.84 Å². The van der Waals surface area contributed by atoms with Crippen molar-refractivity contribution in [1.29, 1.82) is 0 Å². The lowest BCUT2D eigenvalue weighted by Gasteiger charge is -2.11. The summed E-state index contributed by atoms with van der Waals surface area (Å²) in [6, 6.07) is 0. The zero-order chi connectivity index (χ0) is 9.10. The largest absolute Gasteiger partial charge is 0.383 e. The molecule has 3 unspecified atom stereocenters. The fourth-order valence-electron chi connectivity index (χ4n) is 2.19. The minimum Gasteiger partial charge on any atom is -0.383 e. The molecule has 2 rings (SSSR count). The number of oxime groups is 1. The summed E-state index contributed by atoms with van der Waals surface area (Å²) in [4.78, 5) is 4.86. The van der Waals surface area contributed by atoms with Crippen LogP contribution in [-0.2, 0) is 4.84 Å². The molecular weight excluding hydrogens is 162 g/mol. The molecule has 0 aromatic carbocycles. The van der Waals surface area contributed by atoms with Crippen LogP contribution in [0.25, 0.3) is 0 Å². The van der Waals surface area contributed by atoms with E-state index in [-0.39, 0.29) is 6.61 Å². The third-order valence-electron chi connectivity index (χ3n) is 2.80. The van der Waals surface area contributed by atoms with Crippen molar-refractivity contribution in [1.82, 2.24) is 0 Å². The van der Waals surface area contributed by atoms with Crippen LogP contribution in [0, 0.1) is 30.1 Å². The van der Waals surface area contributed by atoms with Crippen LogP contribution in [0.15, 0.2) is 17.3 Å². The molecule has 0 N–H and O–H groups in total. The molecule has 2 aliphatic rings. The maximum Gasteiger partial charge on any atom is 0.177 e. The SMILES string of the molecule is C#CCO/N=C/C1CC2C=CC1C2. The molecule has 13 heavy (non-hydrogen) atoms. The Morgan fingerprint density at radius 3 is 3.08 bits per heavy atom. The number of terminal acetylenes is 1. The van der Waals surface area contributed by atoms with Crippen LogP contribution in [0.1, 0.15) is 12.8 Å². The highest BCUT2D eigenvalue weighted by Gasteiger charge is 2.34. The van der Waals surface area contributed by atoms with Crippen LogP contribution in [-0.4, -0.2) is 12.8 Å². The summed E-state index contributed by atoms with van der Waals surface area (Å²) in [7, 11) is 0. The molecule has 1 fully saturated rings. The zero-order valence-corrected chi connectivity index (χ0v) is 7.52. The highest BCUT2D eigenvalue weighted by Crippen LogP contribution is 2.42. The average molecular weight is 175 g/mol. The Balaban J connectivity index is 1.81. The first kappa shape index (κ1) is 8.37. The van der Waals surface area contributed by atoms with E-state index in [0.29, 0.717) is 11.8 Å². The molecule has 0 aromatic heterocycles. The van der Waals surface area contributed by atoms with Crippen molar-refractivity contribution in [2.24, 2.45) is 22.9 Å². The molecule has 2 heteroatoms. The van der Waals surface area contributed by atoms with Crippen molar-refractivity contribution in [3.8, 4) is 12.3 Å². The van der Waals surface area contributed by atoms with Gasteiger partial charge in [0.1, 0.15) is 0 Å². The Hall–Kier alpha value is -1.23. The van der Waals surface area contributed by atoms with E-state index in [2.05, 4.69) is 23.2 Å². The molecule has 68 valence electrons. The van der Waals surface area contributed by atoms with Crippen LogP contribution in [0.4, 0.5) is 0 Å². The second kappa shape index (κ2) is 3.66. The summed E-state index contributed by atoms with van der Waals surface area (Å²) in [5, 5.41) is 3.86. The molecule has 0 saturated heterocycles. The first-order valence-electron chi connectivity index (χ1n) is 4.67. The van der Waals surface area contributed by atoms with Gasteiger partial charge in [-0.25, -0.2) is 0 Å². The van der Waals surface area contributed by atoms with Crippen molar-refractivity contribution in [2.75, 3.05) is 6.61 Å². The van der Waals surface area contributed by atoms with Gasteiger partial charge in [0.15, 0.2) is 6.61 Å². The number of hydrogen-bond donors (Lipinski definition) is 0. The first-order valence-corrected chi connectivity index (χ1v) is 4.67. The lowest BCUT2D eigenvalue weighted by Crippen LogP contribution is -2.08. The Kier molecular flexibility index (Phi) is 2.35. The normalized spacial score (nSPS) is 35.5. The van der Waals surface area contributed by atoms with E-state index in [9.17, 15) is 0 Å². The van der Waals surface area contributed by atoms with Gasteiger partial charge >= 0.3 is 0 Å². The van der Waals surface area contributed by atoms with Gasteiger partial charge in [0, 0.05) is 12.1 Å². The Labute approximate surface area is 78.6 Å². The lowest BCUT2D eigenvalue weighted by molar-refractivity contribution is 0.179. The monoisotopic (exact) mass is 175 g/mol. The standard InChI is InChI=1S/C11H13NO/c1-2-5-13-12-8-11-7-9-3-4-10(11)6-9/h1,3-4,8-11H,5-7H2/b12-8+. The molecule has 1 saturated carbocycles. The second-order valence-electron chi connectivity index (χ2n) is 3.68. The summed E-state index contributed by atoms with van der Waals surface area (Å²) in [5.74, 6) is 4.44. The predicted octanol–water partition coefficient (Wildman–Crippen LogP) is 1.83. The summed E-state index contributed by atoms with van der Waals surface area (Å²) < 4.78 is 0. The van der Waals surface area contributed by atoms with Crippen LogP contribution in [0.2, 0.25) is 0 Å². The summed E-state index contributed by atoms with van der Waals surface area (Å²) in [6.07, 6.45) is 14.1. The topological polar surface area (TPSA) is 21.6 Å². The fourth-order valence-corrected chi connectivity index (χ4v) is 2.19. The second-order valence-corrected chi connectivity index (χ2v) is 3.68. The number of allylic oxidation sites excluding steroid dienone is 2. The summed E-state index contributed by atoms with van der Waals surface area (Å²) >= 11 is 0. The zero-order valence-electron chi connectivity index (χ0n) is 7.52. The Morgan fingerprint density at radius 1 is 1.54 bits per heavy atom. The summed E-state index contributed by atoms with van der Waals surface area (Å²) in [6.45, 7) is 0.271. The molecule has 0 radical (unpaired) electrons. The number of hydrogen-bond acceptors (Lipinski definition) is 2. The van der Waals surface area contributed by atoms with Crippen LogP contribution < -0.4 is 0 Å². The van der Waals surface area contributed by atoms with Gasteiger partial charge in [0.25, 0.3) is 0 Å². The molecule has 0 heterocycles. The molecule has 2 aliphatic carbocycles. The third-order valence-corrected chi connectivity index (χ3v) is 2.80. The van der Waals surface area contributed by atoms with E-state index >= 15 is 0 Å². The Bertz CT molecular complexity index is 274. The maximum atomic E-state index is 5.02. The van der Waals surface area contributed by atoms with Gasteiger partial charge in [-0.15, -0.1) is 6.42 Å². The van der Waals surface area contributed by atoms with E-state index < -0.39 is 0 Å². The molecule has 0 spiro atoms. The minimum atomic E-state index is 0.271. The molecule has 3 atom stereocenters. The van der Waals surface area contributed by atoms with Gasteiger partial charge in [0.05, 0.1) is 0 Å². The van der Waals surface area contributed by atoms with E-state index in [1.54, 1.807) is 0 Å². The fraction of sp³-hybridized carbons (Fsp3) is 0.545. The van der Waals surface area contributed by atoms with Gasteiger partial charge in [-0.05, 0) is 24.7 Å². The van der Waals surface area contributed by atoms with Gasteiger partial charge in [0.2, 0.25) is 0 Å². The highest BCUT2D eigenvalue weighted by molar-refractivity contribution is 5.62. The van der Waals surface area contributed by atoms with Crippen LogP contribution >= 0.6 is 0 Å². The summed E-state index contributed by atoms with van der Waals surface area (Å²) in [5.41, 5.74) is 0. The highest BCUT2D eigenvalue weighted by atomic mass is 16.6. The molecule has 0 aromatic rings.